The van der Waals surface area contributed by atoms with Gasteiger partial charge in [0.1, 0.15) is 5.78 Å². The summed E-state index contributed by atoms with van der Waals surface area (Å²) in [7, 11) is 1.34. The van der Waals surface area contributed by atoms with Crippen LogP contribution in [0.3, 0.4) is 0 Å². The summed E-state index contributed by atoms with van der Waals surface area (Å²) in [6, 6.07) is 12.8. The second-order valence-corrected chi connectivity index (χ2v) is 7.28. The molecular weight excluding hydrogens is 418 g/mol. The zero-order valence-corrected chi connectivity index (χ0v) is 16.4. The average Bonchev–Trinajstić information content (AvgIpc) is 2.63. The first-order valence-electron chi connectivity index (χ1n) is 8.09. The molecule has 0 fully saturated rings. The van der Waals surface area contributed by atoms with Crippen molar-refractivity contribution in [1.82, 2.24) is 0 Å². The van der Waals surface area contributed by atoms with E-state index >= 15 is 0 Å². The first-order chi connectivity index (χ1) is 12.5. The number of methoxy groups -OCH3 is 1. The first kappa shape index (κ1) is 18.7. The Bertz CT molecular complexity index is 877. The number of ketones is 1. The van der Waals surface area contributed by atoms with Gasteiger partial charge in [0.25, 0.3) is 0 Å². The van der Waals surface area contributed by atoms with E-state index in [1.807, 2.05) is 30.3 Å². The fourth-order valence-corrected chi connectivity index (χ4v) is 3.62. The normalized spacial score (nSPS) is 16.8. The fraction of sp³-hybridized carbons (Fsp3) is 0.200. The van der Waals surface area contributed by atoms with E-state index in [0.29, 0.717) is 33.6 Å². The van der Waals surface area contributed by atoms with Gasteiger partial charge in [-0.15, -0.1) is 0 Å². The van der Waals surface area contributed by atoms with Gasteiger partial charge < -0.3 is 10.1 Å². The van der Waals surface area contributed by atoms with Crippen LogP contribution in [-0.2, 0) is 9.53 Å². The van der Waals surface area contributed by atoms with Crippen LogP contribution < -0.4 is 5.32 Å². The van der Waals surface area contributed by atoms with Crippen LogP contribution in [0, 0.1) is 0 Å². The van der Waals surface area contributed by atoms with Gasteiger partial charge in [0, 0.05) is 29.5 Å². The summed E-state index contributed by atoms with van der Waals surface area (Å²) >= 11 is 9.39. The number of halogens is 2. The van der Waals surface area contributed by atoms with Crippen molar-refractivity contribution in [3.8, 4) is 0 Å². The Morgan fingerprint density at radius 2 is 1.96 bits per heavy atom. The number of carbonyl (C=O) groups excluding carboxylic acids is 2. The van der Waals surface area contributed by atoms with Gasteiger partial charge >= 0.3 is 5.97 Å². The molecule has 0 spiro atoms. The Morgan fingerprint density at radius 3 is 2.65 bits per heavy atom. The third-order valence-corrected chi connectivity index (χ3v) is 5.34. The molecular formula is C20H17BrClNO3. The van der Waals surface area contributed by atoms with Crippen molar-refractivity contribution >= 4 is 45.0 Å². The number of hydrogen-bond acceptors (Lipinski definition) is 4. The minimum Gasteiger partial charge on any atom is -0.465 e. The molecule has 2 aromatic carbocycles. The molecule has 1 aliphatic carbocycles. The van der Waals surface area contributed by atoms with Crippen LogP contribution in [0.1, 0.15) is 34.7 Å². The summed E-state index contributed by atoms with van der Waals surface area (Å²) in [5.41, 5.74) is 2.99. The highest BCUT2D eigenvalue weighted by molar-refractivity contribution is 9.10. The topological polar surface area (TPSA) is 55.4 Å². The number of hydrogen-bond donors (Lipinski definition) is 1. The number of ether oxygens (including phenoxy) is 1. The Morgan fingerprint density at radius 1 is 1.23 bits per heavy atom. The van der Waals surface area contributed by atoms with Crippen LogP contribution in [0.2, 0.25) is 5.02 Å². The summed E-state index contributed by atoms with van der Waals surface area (Å²) in [6.07, 6.45) is 2.86. The molecule has 1 N–H and O–H groups in total. The number of carbonyl (C=O) groups is 2. The van der Waals surface area contributed by atoms with Crippen molar-refractivity contribution in [2.24, 2.45) is 0 Å². The molecule has 0 saturated carbocycles. The summed E-state index contributed by atoms with van der Waals surface area (Å²) in [5.74, 6) is -0.262. The second-order valence-electron chi connectivity index (χ2n) is 6.05. The molecule has 1 unspecified atom stereocenters. The molecule has 0 amide bonds. The van der Waals surface area contributed by atoms with Gasteiger partial charge in [-0.25, -0.2) is 4.79 Å². The smallest absolute Gasteiger partial charge is 0.339 e. The van der Waals surface area contributed by atoms with Crippen LogP contribution in [0.5, 0.6) is 0 Å². The maximum atomic E-state index is 12.2. The lowest BCUT2D eigenvalue weighted by molar-refractivity contribution is -0.118. The first-order valence-corrected chi connectivity index (χ1v) is 9.26. The van der Waals surface area contributed by atoms with Crippen LogP contribution in [-0.4, -0.2) is 18.9 Å². The maximum absolute atomic E-state index is 12.2. The molecule has 0 heterocycles. The number of rotatable bonds is 4. The Balaban J connectivity index is 1.88. The van der Waals surface area contributed by atoms with Crippen molar-refractivity contribution in [2.45, 2.75) is 18.8 Å². The van der Waals surface area contributed by atoms with Gasteiger partial charge in [-0.2, -0.15) is 0 Å². The van der Waals surface area contributed by atoms with Crippen molar-refractivity contribution < 1.29 is 14.3 Å². The molecule has 1 atom stereocenters. The number of benzene rings is 2. The van der Waals surface area contributed by atoms with Crippen LogP contribution in [0.25, 0.3) is 0 Å². The third kappa shape index (κ3) is 4.17. The van der Waals surface area contributed by atoms with Gasteiger partial charge in [0.2, 0.25) is 0 Å². The van der Waals surface area contributed by atoms with Gasteiger partial charge in [-0.05, 0) is 45.8 Å². The SMILES string of the molecule is COC(=O)c1cccc(NC2=CC(c3ccc(Cl)cc3)CC(=O)C2)c1Br. The lowest BCUT2D eigenvalue weighted by Gasteiger charge is -2.22. The average molecular weight is 435 g/mol. The Hall–Kier alpha value is -2.11. The summed E-state index contributed by atoms with van der Waals surface area (Å²) < 4.78 is 5.39. The van der Waals surface area contributed by atoms with Crippen LogP contribution in [0.15, 0.2) is 58.7 Å². The van der Waals surface area contributed by atoms with Crippen molar-refractivity contribution in [1.29, 1.82) is 0 Å². The van der Waals surface area contributed by atoms with Crippen LogP contribution in [0.4, 0.5) is 5.69 Å². The van der Waals surface area contributed by atoms with Gasteiger partial charge in [-0.3, -0.25) is 4.79 Å². The summed E-state index contributed by atoms with van der Waals surface area (Å²) in [5, 5.41) is 3.94. The number of nitrogens with one attached hydrogen (secondary N) is 1. The highest BCUT2D eigenvalue weighted by Gasteiger charge is 2.22. The molecule has 2 aromatic rings. The van der Waals surface area contributed by atoms with E-state index in [1.165, 1.54) is 7.11 Å². The predicted molar refractivity (Wildman–Crippen MR) is 106 cm³/mol. The monoisotopic (exact) mass is 433 g/mol. The predicted octanol–water partition coefficient (Wildman–Crippen LogP) is 5.33. The van der Waals surface area contributed by atoms with E-state index in [2.05, 4.69) is 27.3 Å². The van der Waals surface area contributed by atoms with E-state index in [-0.39, 0.29) is 11.7 Å². The zero-order chi connectivity index (χ0) is 18.7. The van der Waals surface area contributed by atoms with Crippen molar-refractivity contribution in [3.63, 3.8) is 0 Å². The largest absolute Gasteiger partial charge is 0.465 e. The highest BCUT2D eigenvalue weighted by atomic mass is 79.9. The van der Waals surface area contributed by atoms with Gasteiger partial charge in [-0.1, -0.05) is 35.9 Å². The maximum Gasteiger partial charge on any atom is 0.339 e. The fourth-order valence-electron chi connectivity index (χ4n) is 2.97. The number of Topliss-reactive ketones (excluding diaryl/α,β-unsaturated/α-hetero) is 1. The molecule has 26 heavy (non-hydrogen) atoms. The molecule has 6 heteroatoms. The number of anilines is 1. The van der Waals surface area contributed by atoms with E-state index in [0.717, 1.165) is 11.3 Å². The third-order valence-electron chi connectivity index (χ3n) is 4.23. The highest BCUT2D eigenvalue weighted by Crippen LogP contribution is 2.33. The molecule has 0 aliphatic heterocycles. The number of esters is 1. The van der Waals surface area contributed by atoms with Crippen LogP contribution >= 0.6 is 27.5 Å². The molecule has 134 valence electrons. The van der Waals surface area contributed by atoms with Crippen molar-refractivity contribution in [3.05, 3.63) is 74.9 Å². The van der Waals surface area contributed by atoms with E-state index in [9.17, 15) is 9.59 Å². The molecule has 0 radical (unpaired) electrons. The minimum absolute atomic E-state index is 0.00131. The lowest BCUT2D eigenvalue weighted by atomic mass is 9.87. The quantitative estimate of drug-likeness (QED) is 0.661. The summed E-state index contributed by atoms with van der Waals surface area (Å²) in [4.78, 5) is 24.1. The van der Waals surface area contributed by atoms with Gasteiger partial charge in [0.05, 0.1) is 22.8 Å². The molecule has 1 aliphatic rings. The second kappa shape index (κ2) is 8.06. The van der Waals surface area contributed by atoms with E-state index in [1.54, 1.807) is 12.1 Å². The lowest BCUT2D eigenvalue weighted by Crippen LogP contribution is -2.17. The Labute approximate surface area is 165 Å². The minimum atomic E-state index is -0.423. The summed E-state index contributed by atoms with van der Waals surface area (Å²) in [6.45, 7) is 0. The van der Waals surface area contributed by atoms with E-state index in [4.69, 9.17) is 16.3 Å². The van der Waals surface area contributed by atoms with Gasteiger partial charge in [0.15, 0.2) is 0 Å². The Kier molecular flexibility index (Phi) is 5.79. The standard InChI is InChI=1S/C20H17BrClNO3/c1-26-20(25)17-3-2-4-18(19(17)21)23-15-9-13(10-16(24)11-15)12-5-7-14(22)8-6-12/h2-9,13,23H,10-11H2,1H3. The van der Waals surface area contributed by atoms with E-state index < -0.39 is 5.97 Å². The molecule has 4 nitrogen and oxygen atoms in total. The molecule has 3 rings (SSSR count). The zero-order valence-electron chi connectivity index (χ0n) is 14.1. The molecule has 0 aromatic heterocycles. The molecule has 0 saturated heterocycles. The van der Waals surface area contributed by atoms with Crippen molar-refractivity contribution in [2.75, 3.05) is 12.4 Å². The number of allylic oxidation sites excluding steroid dienone is 2. The molecule has 0 bridgehead atoms.